The van der Waals surface area contributed by atoms with E-state index in [1.165, 1.54) is 0 Å². The van der Waals surface area contributed by atoms with E-state index in [0.717, 1.165) is 26.2 Å². The number of likely N-dealkylation sites (N-methyl/N-ethyl adjacent to an activating group) is 1. The molecular formula is C8H18N2O. The molecule has 0 spiro atoms. The Hall–Kier alpha value is -0.120. The van der Waals surface area contributed by atoms with Crippen LogP contribution < -0.4 is 0 Å². The summed E-state index contributed by atoms with van der Waals surface area (Å²) in [6.07, 6.45) is 0. The van der Waals surface area contributed by atoms with Crippen LogP contribution in [0, 0.1) is 0 Å². The van der Waals surface area contributed by atoms with Crippen LogP contribution in [0.15, 0.2) is 0 Å². The van der Waals surface area contributed by atoms with Gasteiger partial charge in [-0.2, -0.15) is 5.06 Å². The molecule has 0 N–H and O–H groups in total. The molecule has 0 bridgehead atoms. The predicted octanol–water partition coefficient (Wildman–Crippen LogP) is 0.574. The van der Waals surface area contributed by atoms with Crippen molar-refractivity contribution in [3.8, 4) is 0 Å². The topological polar surface area (TPSA) is 15.7 Å². The average molecular weight is 158 g/mol. The van der Waals surface area contributed by atoms with E-state index in [1.807, 2.05) is 6.92 Å². The summed E-state index contributed by atoms with van der Waals surface area (Å²) in [5.74, 6) is 0. The van der Waals surface area contributed by atoms with Gasteiger partial charge in [-0.15, -0.1) is 0 Å². The molecule has 0 amide bonds. The molecule has 1 rings (SSSR count). The number of piperazine rings is 1. The number of nitrogens with zero attached hydrogens (tertiary/aromatic N) is 2. The van der Waals surface area contributed by atoms with Crippen LogP contribution in [-0.2, 0) is 4.84 Å². The Morgan fingerprint density at radius 3 is 2.73 bits per heavy atom. The lowest BCUT2D eigenvalue weighted by atomic mass is 10.2. The third-order valence-electron chi connectivity index (χ3n) is 2.06. The first-order valence-corrected chi connectivity index (χ1v) is 4.32. The van der Waals surface area contributed by atoms with E-state index >= 15 is 0 Å². The smallest absolute Gasteiger partial charge is 0.0657 e. The van der Waals surface area contributed by atoms with Crippen LogP contribution in [0.5, 0.6) is 0 Å². The second-order valence-electron chi connectivity index (χ2n) is 3.17. The maximum absolute atomic E-state index is 5.45. The molecule has 3 nitrogen and oxygen atoms in total. The minimum Gasteiger partial charge on any atom is -0.303 e. The van der Waals surface area contributed by atoms with E-state index in [0.29, 0.717) is 6.04 Å². The van der Waals surface area contributed by atoms with Gasteiger partial charge >= 0.3 is 0 Å². The van der Waals surface area contributed by atoms with Crippen LogP contribution in [-0.4, -0.2) is 49.3 Å². The van der Waals surface area contributed by atoms with Gasteiger partial charge in [-0.1, -0.05) is 0 Å². The summed E-state index contributed by atoms with van der Waals surface area (Å²) in [5, 5.41) is 2.08. The Bertz CT molecular complexity index is 119. The van der Waals surface area contributed by atoms with Gasteiger partial charge in [0, 0.05) is 25.7 Å². The molecule has 66 valence electrons. The van der Waals surface area contributed by atoms with Crippen molar-refractivity contribution in [1.82, 2.24) is 9.96 Å². The van der Waals surface area contributed by atoms with Crippen LogP contribution in [0.1, 0.15) is 13.8 Å². The van der Waals surface area contributed by atoms with Crippen LogP contribution in [0.25, 0.3) is 0 Å². The van der Waals surface area contributed by atoms with E-state index in [-0.39, 0.29) is 0 Å². The monoisotopic (exact) mass is 158 g/mol. The molecule has 1 aliphatic heterocycles. The van der Waals surface area contributed by atoms with Crippen LogP contribution in [0.4, 0.5) is 0 Å². The summed E-state index contributed by atoms with van der Waals surface area (Å²) in [6, 6.07) is 0.536. The molecule has 0 saturated carbocycles. The summed E-state index contributed by atoms with van der Waals surface area (Å²) in [5.41, 5.74) is 0. The van der Waals surface area contributed by atoms with Gasteiger partial charge < -0.3 is 4.90 Å². The molecule has 1 fully saturated rings. The van der Waals surface area contributed by atoms with Gasteiger partial charge in [-0.3, -0.25) is 4.84 Å². The van der Waals surface area contributed by atoms with E-state index in [9.17, 15) is 0 Å². The van der Waals surface area contributed by atoms with E-state index in [2.05, 4.69) is 23.9 Å². The Morgan fingerprint density at radius 2 is 2.18 bits per heavy atom. The molecule has 3 heteroatoms. The fraction of sp³-hybridized carbons (Fsp3) is 1.00. The van der Waals surface area contributed by atoms with Crippen molar-refractivity contribution in [3.05, 3.63) is 0 Å². The standard InChI is InChI=1S/C8H18N2O/c1-4-11-10-6-5-9(3)7-8(10)2/h8H,4-7H2,1-3H3/t8-/m1/s1. The Kier molecular flexibility index (Phi) is 3.30. The van der Waals surface area contributed by atoms with Crippen molar-refractivity contribution >= 4 is 0 Å². The molecule has 0 aromatic carbocycles. The maximum Gasteiger partial charge on any atom is 0.0657 e. The molecule has 0 radical (unpaired) electrons. The third-order valence-corrected chi connectivity index (χ3v) is 2.06. The molecule has 1 saturated heterocycles. The van der Waals surface area contributed by atoms with Gasteiger partial charge in [0.15, 0.2) is 0 Å². The van der Waals surface area contributed by atoms with Crippen molar-refractivity contribution < 1.29 is 4.84 Å². The van der Waals surface area contributed by atoms with Crippen molar-refractivity contribution in [3.63, 3.8) is 0 Å². The predicted molar refractivity (Wildman–Crippen MR) is 45.3 cm³/mol. The highest BCUT2D eigenvalue weighted by Crippen LogP contribution is 2.07. The molecule has 1 heterocycles. The maximum atomic E-state index is 5.45. The largest absolute Gasteiger partial charge is 0.303 e. The summed E-state index contributed by atoms with van der Waals surface area (Å²) < 4.78 is 0. The van der Waals surface area contributed by atoms with Crippen LogP contribution in [0.2, 0.25) is 0 Å². The molecule has 1 atom stereocenters. The van der Waals surface area contributed by atoms with Gasteiger partial charge in [-0.05, 0) is 20.9 Å². The highest BCUT2D eigenvalue weighted by atomic mass is 16.7. The second-order valence-corrected chi connectivity index (χ2v) is 3.17. The lowest BCUT2D eigenvalue weighted by Crippen LogP contribution is -2.50. The van der Waals surface area contributed by atoms with E-state index < -0.39 is 0 Å². The SMILES string of the molecule is CCON1CCN(C)C[C@H]1C. The number of rotatable bonds is 2. The Balaban J connectivity index is 2.31. The zero-order valence-electron chi connectivity index (χ0n) is 7.71. The first-order chi connectivity index (χ1) is 5.24. The molecule has 0 aromatic heterocycles. The lowest BCUT2D eigenvalue weighted by molar-refractivity contribution is -0.197. The molecule has 11 heavy (non-hydrogen) atoms. The van der Waals surface area contributed by atoms with Crippen molar-refractivity contribution in [1.29, 1.82) is 0 Å². The van der Waals surface area contributed by atoms with E-state index in [4.69, 9.17) is 4.84 Å². The third kappa shape index (κ3) is 2.43. The fourth-order valence-corrected chi connectivity index (χ4v) is 1.48. The van der Waals surface area contributed by atoms with Crippen molar-refractivity contribution in [2.24, 2.45) is 0 Å². The molecule has 1 aliphatic rings. The van der Waals surface area contributed by atoms with Crippen molar-refractivity contribution in [2.45, 2.75) is 19.9 Å². The molecule has 0 unspecified atom stereocenters. The number of hydrogen-bond acceptors (Lipinski definition) is 3. The van der Waals surface area contributed by atoms with Crippen LogP contribution in [0.3, 0.4) is 0 Å². The average Bonchev–Trinajstić information content (AvgIpc) is 1.95. The van der Waals surface area contributed by atoms with Gasteiger partial charge in [0.2, 0.25) is 0 Å². The van der Waals surface area contributed by atoms with Gasteiger partial charge in [-0.25, -0.2) is 0 Å². The first kappa shape index (κ1) is 8.97. The first-order valence-electron chi connectivity index (χ1n) is 4.32. The second kappa shape index (κ2) is 4.04. The molecule has 0 aromatic rings. The van der Waals surface area contributed by atoms with Crippen LogP contribution >= 0.6 is 0 Å². The van der Waals surface area contributed by atoms with E-state index in [1.54, 1.807) is 0 Å². The molecular weight excluding hydrogens is 140 g/mol. The normalized spacial score (nSPS) is 29.2. The minimum absolute atomic E-state index is 0.536. The fourth-order valence-electron chi connectivity index (χ4n) is 1.48. The van der Waals surface area contributed by atoms with Gasteiger partial charge in [0.1, 0.15) is 0 Å². The summed E-state index contributed by atoms with van der Waals surface area (Å²) in [4.78, 5) is 7.78. The summed E-state index contributed by atoms with van der Waals surface area (Å²) in [6.45, 7) is 8.28. The highest BCUT2D eigenvalue weighted by Gasteiger charge is 2.21. The minimum atomic E-state index is 0.536. The highest BCUT2D eigenvalue weighted by molar-refractivity contribution is 4.71. The summed E-state index contributed by atoms with van der Waals surface area (Å²) >= 11 is 0. The van der Waals surface area contributed by atoms with Crippen molar-refractivity contribution in [2.75, 3.05) is 33.3 Å². The Morgan fingerprint density at radius 1 is 1.45 bits per heavy atom. The van der Waals surface area contributed by atoms with Gasteiger partial charge in [0.05, 0.1) is 6.61 Å². The zero-order valence-corrected chi connectivity index (χ0v) is 7.71. The zero-order chi connectivity index (χ0) is 8.27. The number of hydrogen-bond donors (Lipinski definition) is 0. The Labute approximate surface area is 68.9 Å². The number of hydroxylamine groups is 2. The lowest BCUT2D eigenvalue weighted by Gasteiger charge is -2.36. The quantitative estimate of drug-likeness (QED) is 0.584. The molecule has 0 aliphatic carbocycles. The van der Waals surface area contributed by atoms with Gasteiger partial charge in [0.25, 0.3) is 0 Å². The summed E-state index contributed by atoms with van der Waals surface area (Å²) in [7, 11) is 2.15.